The Labute approximate surface area is 164 Å². The van der Waals surface area contributed by atoms with Crippen LogP contribution in [0.3, 0.4) is 0 Å². The minimum Gasteiger partial charge on any atom is -0.507 e. The maximum absolute atomic E-state index is 12.4. The van der Waals surface area contributed by atoms with Gasteiger partial charge in [-0.1, -0.05) is 24.3 Å². The lowest BCUT2D eigenvalue weighted by Gasteiger charge is -2.19. The van der Waals surface area contributed by atoms with Crippen molar-refractivity contribution in [3.8, 4) is 5.75 Å². The third-order valence-electron chi connectivity index (χ3n) is 4.92. The number of anilines is 1. The van der Waals surface area contributed by atoms with Gasteiger partial charge in [0, 0.05) is 11.4 Å². The third-order valence-corrected chi connectivity index (χ3v) is 4.92. The number of hydrogen-bond donors (Lipinski definition) is 3. The summed E-state index contributed by atoms with van der Waals surface area (Å²) >= 11 is 0. The lowest BCUT2D eigenvalue weighted by Crippen LogP contribution is -2.22. The summed E-state index contributed by atoms with van der Waals surface area (Å²) in [6.07, 6.45) is 4.43. The number of benzene rings is 2. The number of nitrogens with zero attached hydrogens (tertiary/aromatic N) is 1. The molecule has 0 unspecified atom stereocenters. The second kappa shape index (κ2) is 8.69. The summed E-state index contributed by atoms with van der Waals surface area (Å²) in [6, 6.07) is 10.9. The van der Waals surface area contributed by atoms with Crippen LogP contribution in [0.1, 0.15) is 53.2 Å². The fourth-order valence-corrected chi connectivity index (χ4v) is 3.41. The standard InChI is InChI=1S/C22H25N3O3/c1-14-7-5-11-18(21(14)27)22(28)25-24-15(2)13-20(26)23-19-12-6-9-16-8-3-4-10-17(16)19/h5-7,9,11-12,27H,3-4,8,10,13H2,1-2H3,(H,23,26)(H,25,28)/b24-15-. The predicted octanol–water partition coefficient (Wildman–Crippen LogP) is 3.71. The number of carbonyl (C=O) groups is 2. The molecule has 146 valence electrons. The van der Waals surface area contributed by atoms with Crippen molar-refractivity contribution in [1.82, 2.24) is 5.43 Å². The second-order valence-electron chi connectivity index (χ2n) is 7.13. The van der Waals surface area contributed by atoms with Crippen LogP contribution in [-0.4, -0.2) is 22.6 Å². The molecular formula is C22H25N3O3. The molecule has 0 saturated carbocycles. The zero-order chi connectivity index (χ0) is 20.1. The quantitative estimate of drug-likeness (QED) is 0.546. The minimum absolute atomic E-state index is 0.0700. The van der Waals surface area contributed by atoms with Crippen LogP contribution in [0.15, 0.2) is 41.5 Å². The summed E-state index contributed by atoms with van der Waals surface area (Å²) in [7, 11) is 0. The van der Waals surface area contributed by atoms with Gasteiger partial charge in [-0.05, 0) is 68.4 Å². The predicted molar refractivity (Wildman–Crippen MR) is 110 cm³/mol. The Morgan fingerprint density at radius 2 is 1.86 bits per heavy atom. The molecule has 2 aromatic rings. The molecule has 0 bridgehead atoms. The van der Waals surface area contributed by atoms with Gasteiger partial charge in [0.15, 0.2) is 0 Å². The molecule has 0 saturated heterocycles. The molecule has 2 amide bonds. The van der Waals surface area contributed by atoms with Gasteiger partial charge in [0.25, 0.3) is 5.91 Å². The number of aromatic hydroxyl groups is 1. The molecule has 3 rings (SSSR count). The van der Waals surface area contributed by atoms with E-state index < -0.39 is 5.91 Å². The first-order valence-corrected chi connectivity index (χ1v) is 9.48. The lowest BCUT2D eigenvalue weighted by atomic mass is 9.90. The molecule has 6 heteroatoms. The van der Waals surface area contributed by atoms with Crippen LogP contribution >= 0.6 is 0 Å². The average molecular weight is 379 g/mol. The van der Waals surface area contributed by atoms with E-state index in [1.165, 1.54) is 23.6 Å². The fraction of sp³-hybridized carbons (Fsp3) is 0.318. The summed E-state index contributed by atoms with van der Waals surface area (Å²) in [5.41, 5.74) is 7.02. The molecule has 0 aromatic heterocycles. The number of carbonyl (C=O) groups excluding carboxylic acids is 2. The number of phenols is 1. The van der Waals surface area contributed by atoms with E-state index in [1.807, 2.05) is 12.1 Å². The molecule has 0 spiro atoms. The van der Waals surface area contributed by atoms with E-state index in [0.29, 0.717) is 11.3 Å². The highest BCUT2D eigenvalue weighted by molar-refractivity contribution is 6.06. The van der Waals surface area contributed by atoms with E-state index in [9.17, 15) is 14.7 Å². The second-order valence-corrected chi connectivity index (χ2v) is 7.13. The Hall–Kier alpha value is -3.15. The Morgan fingerprint density at radius 3 is 2.68 bits per heavy atom. The molecule has 0 atom stereocenters. The van der Waals surface area contributed by atoms with Gasteiger partial charge < -0.3 is 10.4 Å². The van der Waals surface area contributed by atoms with Gasteiger partial charge in [-0.2, -0.15) is 5.10 Å². The number of aryl methyl sites for hydroxylation is 2. The van der Waals surface area contributed by atoms with Crippen LogP contribution in [-0.2, 0) is 17.6 Å². The van der Waals surface area contributed by atoms with E-state index in [4.69, 9.17) is 0 Å². The molecule has 0 aliphatic heterocycles. The van der Waals surface area contributed by atoms with Gasteiger partial charge in [0.1, 0.15) is 5.75 Å². The van der Waals surface area contributed by atoms with Gasteiger partial charge in [0.2, 0.25) is 5.91 Å². The van der Waals surface area contributed by atoms with Crippen LogP contribution in [0.4, 0.5) is 5.69 Å². The smallest absolute Gasteiger partial charge is 0.275 e. The zero-order valence-electron chi connectivity index (χ0n) is 16.2. The lowest BCUT2D eigenvalue weighted by molar-refractivity contribution is -0.115. The normalized spacial score (nSPS) is 13.6. The number of phenolic OH excluding ortho intramolecular Hbond substituents is 1. The Balaban J connectivity index is 1.60. The van der Waals surface area contributed by atoms with E-state index in [2.05, 4.69) is 21.9 Å². The van der Waals surface area contributed by atoms with Crippen molar-refractivity contribution in [1.29, 1.82) is 0 Å². The average Bonchev–Trinajstić information content (AvgIpc) is 2.68. The third kappa shape index (κ3) is 4.57. The van der Waals surface area contributed by atoms with Crippen LogP contribution < -0.4 is 10.7 Å². The van der Waals surface area contributed by atoms with Gasteiger partial charge in [-0.15, -0.1) is 0 Å². The fourth-order valence-electron chi connectivity index (χ4n) is 3.41. The van der Waals surface area contributed by atoms with E-state index in [1.54, 1.807) is 26.0 Å². The molecule has 1 aliphatic carbocycles. The number of rotatable bonds is 5. The number of para-hydroxylation sites is 1. The number of hydrazone groups is 1. The van der Waals surface area contributed by atoms with E-state index >= 15 is 0 Å². The molecule has 6 nitrogen and oxygen atoms in total. The van der Waals surface area contributed by atoms with Crippen molar-refractivity contribution < 1.29 is 14.7 Å². The molecule has 0 radical (unpaired) electrons. The molecule has 0 heterocycles. The molecule has 28 heavy (non-hydrogen) atoms. The minimum atomic E-state index is -0.516. The van der Waals surface area contributed by atoms with E-state index in [0.717, 1.165) is 24.9 Å². The van der Waals surface area contributed by atoms with Crippen LogP contribution in [0.25, 0.3) is 0 Å². The largest absolute Gasteiger partial charge is 0.507 e. The van der Waals surface area contributed by atoms with Gasteiger partial charge in [-0.3, -0.25) is 9.59 Å². The SMILES string of the molecule is C/C(CC(=O)Nc1cccc2c1CCCC2)=N/NC(=O)c1cccc(C)c1O. The van der Waals surface area contributed by atoms with Crippen molar-refractivity contribution >= 4 is 23.2 Å². The van der Waals surface area contributed by atoms with Crippen molar-refractivity contribution in [2.24, 2.45) is 5.10 Å². The van der Waals surface area contributed by atoms with Crippen molar-refractivity contribution in [2.75, 3.05) is 5.32 Å². The Bertz CT molecular complexity index is 935. The maximum Gasteiger partial charge on any atom is 0.275 e. The van der Waals surface area contributed by atoms with Crippen LogP contribution in [0, 0.1) is 6.92 Å². The number of fused-ring (bicyclic) bond motifs is 1. The van der Waals surface area contributed by atoms with Gasteiger partial charge in [-0.25, -0.2) is 5.43 Å². The Morgan fingerprint density at radius 1 is 1.11 bits per heavy atom. The van der Waals surface area contributed by atoms with E-state index in [-0.39, 0.29) is 23.6 Å². The van der Waals surface area contributed by atoms with Crippen LogP contribution in [0.5, 0.6) is 5.75 Å². The molecule has 0 fully saturated rings. The number of hydrogen-bond acceptors (Lipinski definition) is 4. The van der Waals surface area contributed by atoms with Crippen molar-refractivity contribution in [2.45, 2.75) is 46.0 Å². The summed E-state index contributed by atoms with van der Waals surface area (Å²) in [4.78, 5) is 24.6. The highest BCUT2D eigenvalue weighted by atomic mass is 16.3. The highest BCUT2D eigenvalue weighted by Gasteiger charge is 2.15. The maximum atomic E-state index is 12.4. The monoisotopic (exact) mass is 379 g/mol. The summed E-state index contributed by atoms with van der Waals surface area (Å²) in [6.45, 7) is 3.39. The topological polar surface area (TPSA) is 90.8 Å². The number of nitrogens with one attached hydrogen (secondary N) is 2. The summed E-state index contributed by atoms with van der Waals surface area (Å²) < 4.78 is 0. The van der Waals surface area contributed by atoms with Gasteiger partial charge in [0.05, 0.1) is 12.0 Å². The van der Waals surface area contributed by atoms with Crippen LogP contribution in [0.2, 0.25) is 0 Å². The van der Waals surface area contributed by atoms with Gasteiger partial charge >= 0.3 is 0 Å². The first kappa shape index (κ1) is 19.6. The van der Waals surface area contributed by atoms with Crippen molar-refractivity contribution in [3.05, 3.63) is 58.7 Å². The zero-order valence-corrected chi connectivity index (χ0v) is 16.2. The molecular weight excluding hydrogens is 354 g/mol. The summed E-state index contributed by atoms with van der Waals surface area (Å²) in [5, 5.41) is 16.9. The molecule has 3 N–H and O–H groups in total. The molecule has 2 aromatic carbocycles. The highest BCUT2D eigenvalue weighted by Crippen LogP contribution is 2.28. The van der Waals surface area contributed by atoms with Crippen molar-refractivity contribution in [3.63, 3.8) is 0 Å². The first-order valence-electron chi connectivity index (χ1n) is 9.48. The first-order chi connectivity index (χ1) is 13.5. The Kier molecular flexibility index (Phi) is 6.09. The number of amides is 2. The molecule has 1 aliphatic rings. The summed E-state index contributed by atoms with van der Waals surface area (Å²) in [5.74, 6) is -0.759.